The van der Waals surface area contributed by atoms with Gasteiger partial charge in [-0.2, -0.15) is 0 Å². The van der Waals surface area contributed by atoms with Gasteiger partial charge in [0.25, 0.3) is 5.91 Å². The summed E-state index contributed by atoms with van der Waals surface area (Å²) in [5.41, 5.74) is 2.06. The van der Waals surface area contributed by atoms with E-state index in [4.69, 9.17) is 4.74 Å². The van der Waals surface area contributed by atoms with Crippen molar-refractivity contribution in [2.45, 2.75) is 39.2 Å². The number of hydrogen-bond donors (Lipinski definition) is 1. The number of benzene rings is 1. The van der Waals surface area contributed by atoms with Crippen LogP contribution in [-0.4, -0.2) is 24.5 Å². The Morgan fingerprint density at radius 2 is 1.92 bits per heavy atom. The predicted molar refractivity (Wildman–Crippen MR) is 96.4 cm³/mol. The Labute approximate surface area is 146 Å². The van der Waals surface area contributed by atoms with Gasteiger partial charge in [-0.1, -0.05) is 37.3 Å². The van der Waals surface area contributed by atoms with Gasteiger partial charge in [-0.3, -0.25) is 4.79 Å². The van der Waals surface area contributed by atoms with Crippen LogP contribution in [0, 0.1) is 6.92 Å². The first-order chi connectivity index (χ1) is 11.5. The molecule has 1 heterocycles. The summed E-state index contributed by atoms with van der Waals surface area (Å²) < 4.78 is 5.27. The zero-order chi connectivity index (χ0) is 17.5. The number of carbonyl (C=O) groups is 2. The van der Waals surface area contributed by atoms with Crippen LogP contribution in [0.15, 0.2) is 41.8 Å². The highest BCUT2D eigenvalue weighted by molar-refractivity contribution is 7.12. The zero-order valence-corrected chi connectivity index (χ0v) is 15.1. The van der Waals surface area contributed by atoms with Gasteiger partial charge in [-0.25, -0.2) is 4.79 Å². The van der Waals surface area contributed by atoms with Crippen molar-refractivity contribution in [3.05, 3.63) is 57.8 Å². The highest BCUT2D eigenvalue weighted by atomic mass is 32.1. The monoisotopic (exact) mass is 345 g/mol. The quantitative estimate of drug-likeness (QED) is 0.774. The predicted octanol–water partition coefficient (Wildman–Crippen LogP) is 3.91. The molecule has 1 aromatic carbocycles. The zero-order valence-electron chi connectivity index (χ0n) is 14.2. The van der Waals surface area contributed by atoms with E-state index in [9.17, 15) is 9.59 Å². The first-order valence-electron chi connectivity index (χ1n) is 8.10. The number of rotatable bonds is 7. The largest absolute Gasteiger partial charge is 0.448 e. The molecular weight excluding hydrogens is 322 g/mol. The van der Waals surface area contributed by atoms with Crippen molar-refractivity contribution in [1.82, 2.24) is 5.32 Å². The molecule has 0 aliphatic rings. The molecule has 2 atom stereocenters. The van der Waals surface area contributed by atoms with Gasteiger partial charge >= 0.3 is 5.97 Å². The van der Waals surface area contributed by atoms with Gasteiger partial charge in [0.1, 0.15) is 4.88 Å². The van der Waals surface area contributed by atoms with Crippen molar-refractivity contribution in [3.63, 3.8) is 0 Å². The van der Waals surface area contributed by atoms with E-state index >= 15 is 0 Å². The average molecular weight is 345 g/mol. The van der Waals surface area contributed by atoms with E-state index in [0.717, 1.165) is 12.0 Å². The fourth-order valence-corrected chi connectivity index (χ4v) is 3.25. The topological polar surface area (TPSA) is 55.4 Å². The Balaban J connectivity index is 1.87. The van der Waals surface area contributed by atoms with Crippen LogP contribution in [0.5, 0.6) is 0 Å². The highest BCUT2D eigenvalue weighted by Crippen LogP contribution is 2.19. The van der Waals surface area contributed by atoms with Crippen molar-refractivity contribution < 1.29 is 14.3 Å². The molecule has 0 aliphatic heterocycles. The lowest BCUT2D eigenvalue weighted by Crippen LogP contribution is -2.38. The molecule has 0 radical (unpaired) electrons. The summed E-state index contributed by atoms with van der Waals surface area (Å²) in [7, 11) is 0. The Hall–Kier alpha value is -2.14. The molecule has 1 aromatic heterocycles. The summed E-state index contributed by atoms with van der Waals surface area (Å²) in [4.78, 5) is 24.8. The molecule has 4 nitrogen and oxygen atoms in total. The minimum absolute atomic E-state index is 0.248. The molecule has 1 amide bonds. The average Bonchev–Trinajstić information content (AvgIpc) is 3.02. The minimum Gasteiger partial charge on any atom is -0.448 e. The smallest absolute Gasteiger partial charge is 0.349 e. The fraction of sp³-hybridized carbons (Fsp3) is 0.368. The molecule has 0 spiro atoms. The number of esters is 1. The third kappa shape index (κ3) is 4.68. The van der Waals surface area contributed by atoms with Crippen LogP contribution in [0.2, 0.25) is 0 Å². The maximum Gasteiger partial charge on any atom is 0.349 e. The van der Waals surface area contributed by atoms with Crippen LogP contribution in [-0.2, 0) is 9.53 Å². The molecule has 0 saturated heterocycles. The highest BCUT2D eigenvalue weighted by Gasteiger charge is 2.21. The Kier molecular flexibility index (Phi) is 6.55. The number of ether oxygens (including phenoxy) is 1. The van der Waals surface area contributed by atoms with Crippen LogP contribution in [0.4, 0.5) is 0 Å². The SMILES string of the molecule is CC[C@H](CNC(=O)[C@H](C)OC(=O)c1sccc1C)c1ccccc1. The second kappa shape index (κ2) is 8.64. The Morgan fingerprint density at radius 3 is 2.50 bits per heavy atom. The van der Waals surface area contributed by atoms with E-state index in [2.05, 4.69) is 24.4 Å². The van der Waals surface area contributed by atoms with Crippen molar-refractivity contribution >= 4 is 23.2 Å². The molecule has 0 fully saturated rings. The maximum absolute atomic E-state index is 12.2. The lowest BCUT2D eigenvalue weighted by Gasteiger charge is -2.18. The summed E-state index contributed by atoms with van der Waals surface area (Å²) in [6.45, 7) is 6.06. The molecule has 128 valence electrons. The second-order valence-electron chi connectivity index (χ2n) is 5.74. The summed E-state index contributed by atoms with van der Waals surface area (Å²) in [6.07, 6.45) is 0.111. The summed E-state index contributed by atoms with van der Waals surface area (Å²) in [5.74, 6) is -0.468. The summed E-state index contributed by atoms with van der Waals surface area (Å²) in [5, 5.41) is 4.72. The van der Waals surface area contributed by atoms with Crippen LogP contribution < -0.4 is 5.32 Å². The number of amides is 1. The van der Waals surface area contributed by atoms with E-state index < -0.39 is 12.1 Å². The molecule has 2 aromatic rings. The van der Waals surface area contributed by atoms with Crippen LogP contribution in [0.1, 0.15) is 47.0 Å². The third-order valence-electron chi connectivity index (χ3n) is 3.99. The van der Waals surface area contributed by atoms with E-state index in [1.807, 2.05) is 36.6 Å². The normalized spacial score (nSPS) is 13.1. The van der Waals surface area contributed by atoms with Gasteiger partial charge in [0.2, 0.25) is 0 Å². The van der Waals surface area contributed by atoms with E-state index in [0.29, 0.717) is 11.4 Å². The number of aryl methyl sites for hydroxylation is 1. The molecule has 2 rings (SSSR count). The van der Waals surface area contributed by atoms with Crippen molar-refractivity contribution in [3.8, 4) is 0 Å². The van der Waals surface area contributed by atoms with Gasteiger partial charge in [-0.15, -0.1) is 11.3 Å². The Bertz CT molecular complexity index is 681. The van der Waals surface area contributed by atoms with Crippen LogP contribution >= 0.6 is 11.3 Å². The van der Waals surface area contributed by atoms with Gasteiger partial charge in [0, 0.05) is 12.5 Å². The number of hydrogen-bond acceptors (Lipinski definition) is 4. The molecule has 1 N–H and O–H groups in total. The number of carbonyl (C=O) groups excluding carboxylic acids is 2. The van der Waals surface area contributed by atoms with Gasteiger partial charge in [0.15, 0.2) is 6.10 Å². The van der Waals surface area contributed by atoms with Crippen molar-refractivity contribution in [2.24, 2.45) is 0 Å². The van der Waals surface area contributed by atoms with E-state index in [1.54, 1.807) is 6.92 Å². The molecule has 0 bridgehead atoms. The minimum atomic E-state index is -0.813. The van der Waals surface area contributed by atoms with Crippen molar-refractivity contribution in [1.29, 1.82) is 0 Å². The van der Waals surface area contributed by atoms with Gasteiger partial charge in [-0.05, 0) is 42.8 Å². The molecule has 0 unspecified atom stereocenters. The number of nitrogens with one attached hydrogen (secondary N) is 1. The Morgan fingerprint density at radius 1 is 1.21 bits per heavy atom. The lowest BCUT2D eigenvalue weighted by atomic mass is 9.96. The molecule has 5 heteroatoms. The first-order valence-corrected chi connectivity index (χ1v) is 8.98. The maximum atomic E-state index is 12.2. The standard InChI is InChI=1S/C19H23NO3S/c1-4-15(16-8-6-5-7-9-16)12-20-18(21)14(3)23-19(22)17-13(2)10-11-24-17/h5-11,14-15H,4,12H2,1-3H3,(H,20,21)/t14-,15+/m0/s1. The molecule has 0 saturated carbocycles. The molecule has 24 heavy (non-hydrogen) atoms. The lowest BCUT2D eigenvalue weighted by molar-refractivity contribution is -0.129. The van der Waals surface area contributed by atoms with Crippen molar-refractivity contribution in [2.75, 3.05) is 6.54 Å². The van der Waals surface area contributed by atoms with E-state index in [1.165, 1.54) is 16.9 Å². The molecular formula is C19H23NO3S. The summed E-state index contributed by atoms with van der Waals surface area (Å²) >= 11 is 1.32. The van der Waals surface area contributed by atoms with Gasteiger partial charge < -0.3 is 10.1 Å². The van der Waals surface area contributed by atoms with Crippen LogP contribution in [0.3, 0.4) is 0 Å². The summed E-state index contributed by atoms with van der Waals surface area (Å²) in [6, 6.07) is 11.9. The second-order valence-corrected chi connectivity index (χ2v) is 6.66. The van der Waals surface area contributed by atoms with Crippen LogP contribution in [0.25, 0.3) is 0 Å². The third-order valence-corrected chi connectivity index (χ3v) is 4.98. The molecule has 0 aliphatic carbocycles. The van der Waals surface area contributed by atoms with E-state index in [-0.39, 0.29) is 11.8 Å². The first kappa shape index (κ1) is 18.2. The van der Waals surface area contributed by atoms with Gasteiger partial charge in [0.05, 0.1) is 0 Å². The fourth-order valence-electron chi connectivity index (χ4n) is 2.44. The number of thiophene rings is 1.